The molecule has 1 heterocycles. The summed E-state index contributed by atoms with van der Waals surface area (Å²) in [7, 11) is 0.0367. The molecule has 5 nitrogen and oxygen atoms in total. The minimum absolute atomic E-state index is 0.0417. The highest BCUT2D eigenvalue weighted by Crippen LogP contribution is 2.16. The van der Waals surface area contributed by atoms with Gasteiger partial charge in [-0.25, -0.2) is 12.7 Å². The third kappa shape index (κ3) is 3.84. The van der Waals surface area contributed by atoms with E-state index >= 15 is 0 Å². The molecule has 0 N–H and O–H groups in total. The zero-order chi connectivity index (χ0) is 15.6. The zero-order valence-electron chi connectivity index (χ0n) is 12.2. The Morgan fingerprint density at radius 1 is 1.29 bits per heavy atom. The third-order valence-electron chi connectivity index (χ3n) is 3.47. The Morgan fingerprint density at radius 3 is 2.43 bits per heavy atom. The molecule has 21 heavy (non-hydrogen) atoms. The first-order valence-electron chi connectivity index (χ1n) is 6.45. The Balaban J connectivity index is 2.11. The van der Waals surface area contributed by atoms with Crippen LogP contribution in [0.1, 0.15) is 16.8 Å². The molecule has 0 bridgehead atoms. The Bertz CT molecular complexity index is 723. The number of benzene rings is 1. The highest BCUT2D eigenvalue weighted by atomic mass is 35.5. The van der Waals surface area contributed by atoms with Crippen molar-refractivity contribution in [2.45, 2.75) is 19.2 Å². The lowest BCUT2D eigenvalue weighted by molar-refractivity contribution is 0.465. The minimum Gasteiger partial charge on any atom is -0.273 e. The largest absolute Gasteiger partial charge is 0.273 e. The molecule has 0 saturated heterocycles. The lowest BCUT2D eigenvalue weighted by Gasteiger charge is -2.17. The normalized spacial score (nSPS) is 12.0. The van der Waals surface area contributed by atoms with E-state index in [2.05, 4.69) is 5.10 Å². The third-order valence-corrected chi connectivity index (χ3v) is 5.50. The molecule has 0 unspecified atom stereocenters. The topological polar surface area (TPSA) is 55.2 Å². The van der Waals surface area contributed by atoms with Crippen molar-refractivity contribution in [1.29, 1.82) is 0 Å². The Kier molecular flexibility index (Phi) is 4.70. The summed E-state index contributed by atoms with van der Waals surface area (Å²) in [5, 5.41) is 4.72. The monoisotopic (exact) mass is 327 g/mol. The number of nitrogens with zero attached hydrogens (tertiary/aromatic N) is 3. The van der Waals surface area contributed by atoms with Crippen molar-refractivity contribution < 1.29 is 8.42 Å². The Morgan fingerprint density at radius 2 is 1.90 bits per heavy atom. The van der Waals surface area contributed by atoms with E-state index in [0.717, 1.165) is 11.3 Å². The van der Waals surface area contributed by atoms with Gasteiger partial charge in [0.2, 0.25) is 10.0 Å². The summed E-state index contributed by atoms with van der Waals surface area (Å²) in [6, 6.07) is 6.83. The lowest BCUT2D eigenvalue weighted by Crippen LogP contribution is -2.28. The van der Waals surface area contributed by atoms with Crippen molar-refractivity contribution in [1.82, 2.24) is 14.1 Å². The van der Waals surface area contributed by atoms with Crippen LogP contribution in [0.5, 0.6) is 0 Å². The van der Waals surface area contributed by atoms with Gasteiger partial charge in [0, 0.05) is 36.9 Å². The number of hydrogen-bond donors (Lipinski definition) is 0. The number of aromatic nitrogens is 2. The zero-order valence-corrected chi connectivity index (χ0v) is 13.8. The summed E-state index contributed by atoms with van der Waals surface area (Å²) < 4.78 is 27.8. The van der Waals surface area contributed by atoms with Gasteiger partial charge < -0.3 is 0 Å². The lowest BCUT2D eigenvalue weighted by atomic mass is 10.2. The fourth-order valence-electron chi connectivity index (χ4n) is 1.94. The molecule has 2 aromatic rings. The molecule has 0 fully saturated rings. The molecular weight excluding hydrogens is 310 g/mol. The van der Waals surface area contributed by atoms with Crippen LogP contribution in [-0.2, 0) is 29.4 Å². The van der Waals surface area contributed by atoms with Crippen molar-refractivity contribution >= 4 is 21.6 Å². The van der Waals surface area contributed by atoms with Gasteiger partial charge in [-0.3, -0.25) is 4.68 Å². The summed E-state index contributed by atoms with van der Waals surface area (Å²) in [4.78, 5) is 0. The molecule has 7 heteroatoms. The molecule has 0 saturated carbocycles. The standard InChI is InChI=1S/C14H18ClN3O2S/c1-11-13(8-16-18(11)3)9-17(2)21(19,20)10-12-4-6-14(15)7-5-12/h4-8H,9-10H2,1-3H3. The first-order valence-corrected chi connectivity index (χ1v) is 8.44. The van der Waals surface area contributed by atoms with Crippen LogP contribution in [-0.4, -0.2) is 29.6 Å². The molecule has 0 aliphatic carbocycles. The van der Waals surface area contributed by atoms with Gasteiger partial charge in [-0.2, -0.15) is 5.10 Å². The molecule has 0 amide bonds. The van der Waals surface area contributed by atoms with E-state index in [9.17, 15) is 8.42 Å². The van der Waals surface area contributed by atoms with E-state index in [1.165, 1.54) is 4.31 Å². The van der Waals surface area contributed by atoms with Gasteiger partial charge in [0.1, 0.15) is 0 Å². The first kappa shape index (κ1) is 16.0. The second-order valence-electron chi connectivity index (χ2n) is 5.02. The quantitative estimate of drug-likeness (QED) is 0.847. The van der Waals surface area contributed by atoms with E-state index in [1.54, 1.807) is 42.2 Å². The van der Waals surface area contributed by atoms with Crippen LogP contribution in [0.15, 0.2) is 30.5 Å². The average Bonchev–Trinajstić information content (AvgIpc) is 2.73. The van der Waals surface area contributed by atoms with E-state index in [0.29, 0.717) is 17.1 Å². The SMILES string of the molecule is Cc1c(CN(C)S(=O)(=O)Cc2ccc(Cl)cc2)cnn1C. The Labute approximate surface area is 130 Å². The van der Waals surface area contributed by atoms with E-state index in [1.807, 2.05) is 14.0 Å². The second-order valence-corrected chi connectivity index (χ2v) is 7.53. The molecule has 1 aromatic heterocycles. The van der Waals surface area contributed by atoms with E-state index in [4.69, 9.17) is 11.6 Å². The van der Waals surface area contributed by atoms with Crippen LogP contribution in [0.4, 0.5) is 0 Å². The van der Waals surface area contributed by atoms with Crippen LogP contribution in [0.3, 0.4) is 0 Å². The van der Waals surface area contributed by atoms with Crippen LogP contribution in [0.2, 0.25) is 5.02 Å². The Hall–Kier alpha value is -1.37. The van der Waals surface area contributed by atoms with Crippen molar-refractivity contribution in [2.75, 3.05) is 7.05 Å². The van der Waals surface area contributed by atoms with Gasteiger partial charge in [0.05, 0.1) is 11.9 Å². The summed E-state index contributed by atoms with van der Waals surface area (Å²) in [6.07, 6.45) is 1.70. The van der Waals surface area contributed by atoms with Gasteiger partial charge in [0.15, 0.2) is 0 Å². The van der Waals surface area contributed by atoms with Crippen LogP contribution in [0.25, 0.3) is 0 Å². The molecule has 114 valence electrons. The maximum atomic E-state index is 12.4. The van der Waals surface area contributed by atoms with Gasteiger partial charge in [-0.05, 0) is 24.6 Å². The van der Waals surface area contributed by atoms with Crippen molar-refractivity contribution in [3.8, 4) is 0 Å². The average molecular weight is 328 g/mol. The molecule has 0 spiro atoms. The molecule has 0 aliphatic heterocycles. The minimum atomic E-state index is -3.38. The predicted molar refractivity (Wildman–Crippen MR) is 83.5 cm³/mol. The molecule has 0 atom stereocenters. The maximum absolute atomic E-state index is 12.4. The number of rotatable bonds is 5. The highest BCUT2D eigenvalue weighted by Gasteiger charge is 2.20. The van der Waals surface area contributed by atoms with Crippen molar-refractivity contribution in [3.05, 3.63) is 52.3 Å². The van der Waals surface area contributed by atoms with Crippen LogP contribution >= 0.6 is 11.6 Å². The van der Waals surface area contributed by atoms with E-state index in [-0.39, 0.29) is 5.75 Å². The molecule has 1 aromatic carbocycles. The molecule has 0 aliphatic rings. The second kappa shape index (κ2) is 6.17. The van der Waals surface area contributed by atoms with Crippen LogP contribution < -0.4 is 0 Å². The molecule has 2 rings (SSSR count). The number of halogens is 1. The number of aryl methyl sites for hydroxylation is 1. The fraction of sp³-hybridized carbons (Fsp3) is 0.357. The summed E-state index contributed by atoms with van der Waals surface area (Å²) >= 11 is 5.80. The highest BCUT2D eigenvalue weighted by molar-refractivity contribution is 7.88. The van der Waals surface area contributed by atoms with E-state index < -0.39 is 10.0 Å². The fourth-order valence-corrected chi connectivity index (χ4v) is 3.23. The van der Waals surface area contributed by atoms with Gasteiger partial charge in [-0.1, -0.05) is 23.7 Å². The van der Waals surface area contributed by atoms with Crippen LogP contribution in [0, 0.1) is 6.92 Å². The number of hydrogen-bond acceptors (Lipinski definition) is 3. The maximum Gasteiger partial charge on any atom is 0.218 e. The predicted octanol–water partition coefficient (Wildman–Crippen LogP) is 2.34. The smallest absolute Gasteiger partial charge is 0.218 e. The number of sulfonamides is 1. The summed E-state index contributed by atoms with van der Waals surface area (Å²) in [5.41, 5.74) is 2.58. The summed E-state index contributed by atoms with van der Waals surface area (Å²) in [5.74, 6) is -0.0417. The molecular formula is C14H18ClN3O2S. The van der Waals surface area contributed by atoms with Crippen molar-refractivity contribution in [3.63, 3.8) is 0 Å². The van der Waals surface area contributed by atoms with Gasteiger partial charge in [0.25, 0.3) is 0 Å². The van der Waals surface area contributed by atoms with Gasteiger partial charge in [-0.15, -0.1) is 0 Å². The first-order chi connectivity index (χ1) is 9.79. The molecule has 0 radical (unpaired) electrons. The van der Waals surface area contributed by atoms with Gasteiger partial charge >= 0.3 is 0 Å². The van der Waals surface area contributed by atoms with Crippen molar-refractivity contribution in [2.24, 2.45) is 7.05 Å². The summed E-state index contributed by atoms with van der Waals surface area (Å²) in [6.45, 7) is 2.23.